The molecule has 0 radical (unpaired) electrons. The molecule has 2 heterocycles. The number of benzene rings is 2. The Hall–Kier alpha value is -3.35. The molecule has 2 fully saturated rings. The van der Waals surface area contributed by atoms with Gasteiger partial charge in [-0.3, -0.25) is 9.59 Å². The summed E-state index contributed by atoms with van der Waals surface area (Å²) in [5, 5.41) is 5.89. The SMILES string of the molecule is O=C(NCc1ccc(N2CCCC2=O)cc1)[C@@H]1CCCN(C(=O)Nc2ccccc2)C1. The number of likely N-dealkylation sites (tertiary alicyclic amines) is 1. The van der Waals surface area contributed by atoms with Crippen LogP contribution in [0.4, 0.5) is 16.2 Å². The third-order valence-electron chi connectivity index (χ3n) is 5.89. The predicted octanol–water partition coefficient (Wildman–Crippen LogP) is 3.37. The lowest BCUT2D eigenvalue weighted by Gasteiger charge is -2.32. The first-order chi connectivity index (χ1) is 15.1. The minimum absolute atomic E-state index is 0.0315. The maximum atomic E-state index is 12.7. The van der Waals surface area contributed by atoms with Gasteiger partial charge in [-0.15, -0.1) is 0 Å². The van der Waals surface area contributed by atoms with E-state index in [2.05, 4.69) is 10.6 Å². The van der Waals surface area contributed by atoms with Gasteiger partial charge in [-0.1, -0.05) is 30.3 Å². The number of amides is 4. The first-order valence-electron chi connectivity index (χ1n) is 10.9. The van der Waals surface area contributed by atoms with Crippen molar-refractivity contribution in [2.24, 2.45) is 5.92 Å². The van der Waals surface area contributed by atoms with Gasteiger partial charge in [-0.2, -0.15) is 0 Å². The number of nitrogens with zero attached hydrogens (tertiary/aromatic N) is 2. The molecule has 162 valence electrons. The number of hydrogen-bond acceptors (Lipinski definition) is 3. The third kappa shape index (κ3) is 5.23. The Morgan fingerprint density at radius 1 is 0.968 bits per heavy atom. The van der Waals surface area contributed by atoms with Gasteiger partial charge in [0.05, 0.1) is 5.92 Å². The molecule has 2 aromatic carbocycles. The zero-order valence-corrected chi connectivity index (χ0v) is 17.5. The highest BCUT2D eigenvalue weighted by Gasteiger charge is 2.28. The van der Waals surface area contributed by atoms with Crippen molar-refractivity contribution in [1.82, 2.24) is 10.2 Å². The van der Waals surface area contributed by atoms with Gasteiger partial charge in [0.1, 0.15) is 0 Å². The molecule has 0 saturated carbocycles. The fraction of sp³-hybridized carbons (Fsp3) is 0.375. The third-order valence-corrected chi connectivity index (χ3v) is 5.89. The fourth-order valence-electron chi connectivity index (χ4n) is 4.15. The molecule has 2 aliphatic rings. The number of hydrogen-bond donors (Lipinski definition) is 2. The van der Waals surface area contributed by atoms with Crippen LogP contribution in [0.15, 0.2) is 54.6 Å². The van der Waals surface area contributed by atoms with Crippen molar-refractivity contribution < 1.29 is 14.4 Å². The van der Waals surface area contributed by atoms with E-state index in [1.807, 2.05) is 54.6 Å². The molecule has 0 aromatic heterocycles. The van der Waals surface area contributed by atoms with Crippen molar-refractivity contribution in [2.75, 3.05) is 29.9 Å². The molecular formula is C24H28N4O3. The van der Waals surface area contributed by atoms with E-state index in [9.17, 15) is 14.4 Å². The van der Waals surface area contributed by atoms with Crippen LogP contribution in [0.5, 0.6) is 0 Å². The van der Waals surface area contributed by atoms with E-state index in [4.69, 9.17) is 0 Å². The first-order valence-corrected chi connectivity index (χ1v) is 10.9. The highest BCUT2D eigenvalue weighted by atomic mass is 16.2. The molecule has 2 saturated heterocycles. The first kappa shape index (κ1) is 20.9. The molecule has 4 rings (SSSR count). The Balaban J connectivity index is 1.27. The molecule has 2 aromatic rings. The van der Waals surface area contributed by atoms with Gasteiger partial charge >= 0.3 is 6.03 Å². The summed E-state index contributed by atoms with van der Waals surface area (Å²) in [6.07, 6.45) is 3.09. The monoisotopic (exact) mass is 420 g/mol. The van der Waals surface area contributed by atoms with Crippen LogP contribution in [0.1, 0.15) is 31.2 Å². The molecule has 0 aliphatic carbocycles. The summed E-state index contributed by atoms with van der Waals surface area (Å²) in [6, 6.07) is 16.9. The van der Waals surface area contributed by atoms with Crippen LogP contribution in [0.2, 0.25) is 0 Å². The Bertz CT molecular complexity index is 930. The van der Waals surface area contributed by atoms with Crippen LogP contribution in [0, 0.1) is 5.92 Å². The second-order valence-electron chi connectivity index (χ2n) is 8.11. The molecule has 0 unspecified atom stereocenters. The van der Waals surface area contributed by atoms with Crippen molar-refractivity contribution in [1.29, 1.82) is 0 Å². The van der Waals surface area contributed by atoms with E-state index >= 15 is 0 Å². The molecule has 2 N–H and O–H groups in total. The van der Waals surface area contributed by atoms with Crippen molar-refractivity contribution in [3.63, 3.8) is 0 Å². The number of piperidine rings is 1. The number of anilines is 2. The van der Waals surface area contributed by atoms with E-state index < -0.39 is 0 Å². The highest BCUT2D eigenvalue weighted by Crippen LogP contribution is 2.22. The van der Waals surface area contributed by atoms with Crippen molar-refractivity contribution in [2.45, 2.75) is 32.2 Å². The smallest absolute Gasteiger partial charge is 0.321 e. The van der Waals surface area contributed by atoms with Crippen LogP contribution in [-0.4, -0.2) is 42.4 Å². The number of para-hydroxylation sites is 1. The van der Waals surface area contributed by atoms with Gasteiger partial charge in [0, 0.05) is 44.0 Å². The zero-order chi connectivity index (χ0) is 21.6. The lowest BCUT2D eigenvalue weighted by atomic mass is 9.97. The van der Waals surface area contributed by atoms with Gasteiger partial charge in [0.25, 0.3) is 0 Å². The number of carbonyl (C=O) groups is 3. The molecule has 2 aliphatic heterocycles. The van der Waals surface area contributed by atoms with E-state index in [0.29, 0.717) is 26.1 Å². The minimum Gasteiger partial charge on any atom is -0.352 e. The van der Waals surface area contributed by atoms with Crippen molar-refractivity contribution in [3.8, 4) is 0 Å². The number of nitrogens with one attached hydrogen (secondary N) is 2. The highest BCUT2D eigenvalue weighted by molar-refractivity contribution is 5.95. The molecular weight excluding hydrogens is 392 g/mol. The second-order valence-corrected chi connectivity index (χ2v) is 8.11. The van der Waals surface area contributed by atoms with Crippen LogP contribution in [0.25, 0.3) is 0 Å². The lowest BCUT2D eigenvalue weighted by Crippen LogP contribution is -2.46. The largest absolute Gasteiger partial charge is 0.352 e. The van der Waals surface area contributed by atoms with Crippen LogP contribution in [-0.2, 0) is 16.1 Å². The van der Waals surface area contributed by atoms with E-state index in [1.165, 1.54) is 0 Å². The summed E-state index contributed by atoms with van der Waals surface area (Å²) in [6.45, 7) is 2.27. The Kier molecular flexibility index (Phi) is 6.50. The van der Waals surface area contributed by atoms with Gasteiger partial charge in [0.2, 0.25) is 11.8 Å². The van der Waals surface area contributed by atoms with Gasteiger partial charge in [-0.05, 0) is 49.1 Å². The quantitative estimate of drug-likeness (QED) is 0.778. The van der Waals surface area contributed by atoms with Gasteiger partial charge in [0.15, 0.2) is 0 Å². The molecule has 0 spiro atoms. The van der Waals surface area contributed by atoms with Crippen LogP contribution >= 0.6 is 0 Å². The fourth-order valence-corrected chi connectivity index (χ4v) is 4.15. The summed E-state index contributed by atoms with van der Waals surface area (Å²) in [5.74, 6) is -0.0769. The number of urea groups is 1. The number of rotatable bonds is 5. The Morgan fingerprint density at radius 2 is 1.74 bits per heavy atom. The molecule has 0 bridgehead atoms. The van der Waals surface area contributed by atoms with Gasteiger partial charge < -0.3 is 20.4 Å². The van der Waals surface area contributed by atoms with Crippen molar-refractivity contribution >= 4 is 29.2 Å². The Labute approximate surface area is 182 Å². The standard InChI is InChI=1S/C24H28N4O3/c29-22-9-5-15-28(22)21-12-10-18(11-13-21)16-25-23(30)19-6-4-14-27(17-19)24(31)26-20-7-2-1-3-8-20/h1-3,7-8,10-13,19H,4-6,9,14-17H2,(H,25,30)(H,26,31)/t19-/m1/s1. The average molecular weight is 421 g/mol. The van der Waals surface area contributed by atoms with Gasteiger partial charge in [-0.25, -0.2) is 4.79 Å². The summed E-state index contributed by atoms with van der Waals surface area (Å²) < 4.78 is 0. The number of carbonyl (C=O) groups excluding carboxylic acids is 3. The summed E-state index contributed by atoms with van der Waals surface area (Å²) >= 11 is 0. The molecule has 4 amide bonds. The van der Waals surface area contributed by atoms with Crippen LogP contribution < -0.4 is 15.5 Å². The summed E-state index contributed by atoms with van der Waals surface area (Å²) in [4.78, 5) is 40.6. The minimum atomic E-state index is -0.211. The molecule has 7 heteroatoms. The van der Waals surface area contributed by atoms with Crippen LogP contribution in [0.3, 0.4) is 0 Å². The summed E-state index contributed by atoms with van der Waals surface area (Å²) in [7, 11) is 0. The lowest BCUT2D eigenvalue weighted by molar-refractivity contribution is -0.126. The topological polar surface area (TPSA) is 81.8 Å². The molecule has 1 atom stereocenters. The normalized spacial score (nSPS) is 18.7. The predicted molar refractivity (Wildman–Crippen MR) is 120 cm³/mol. The van der Waals surface area contributed by atoms with E-state index in [-0.39, 0.29) is 23.8 Å². The summed E-state index contributed by atoms with van der Waals surface area (Å²) in [5.41, 5.74) is 2.64. The van der Waals surface area contributed by atoms with E-state index in [1.54, 1.807) is 9.80 Å². The molecule has 31 heavy (non-hydrogen) atoms. The maximum absolute atomic E-state index is 12.7. The van der Waals surface area contributed by atoms with Crippen molar-refractivity contribution in [3.05, 3.63) is 60.2 Å². The average Bonchev–Trinajstić information content (AvgIpc) is 3.24. The second kappa shape index (κ2) is 9.64. The zero-order valence-electron chi connectivity index (χ0n) is 17.5. The maximum Gasteiger partial charge on any atom is 0.321 e. The molecule has 7 nitrogen and oxygen atoms in total. The Morgan fingerprint density at radius 3 is 2.45 bits per heavy atom. The van der Waals surface area contributed by atoms with E-state index in [0.717, 1.165) is 42.7 Å².